The molecule has 5 nitrogen and oxygen atoms in total. The maximum Gasteiger partial charge on any atom is 0.282 e. The Kier molecular flexibility index (Phi) is 4.87. The zero-order chi connectivity index (χ0) is 17.9. The lowest BCUT2D eigenvalue weighted by Gasteiger charge is -2.22. The predicted octanol–water partition coefficient (Wildman–Crippen LogP) is 3.79. The van der Waals surface area contributed by atoms with Gasteiger partial charge in [0.15, 0.2) is 0 Å². The summed E-state index contributed by atoms with van der Waals surface area (Å²) in [5, 5.41) is 1.73. The van der Waals surface area contributed by atoms with Crippen LogP contribution in [0, 0.1) is 0 Å². The normalized spacial score (nSPS) is 11.1. The standard InChI is InChI=1S/C18H15NO4S2/c1-23-15-11-9-14(10-12-15)19(18(20)17-8-5-13-24-17)25(21,22)16-6-3-2-4-7-16/h2-13H,1H3. The highest BCUT2D eigenvalue weighted by atomic mass is 32.2. The van der Waals surface area contributed by atoms with Gasteiger partial charge in [0, 0.05) is 0 Å². The Hall–Kier alpha value is -2.64. The summed E-state index contributed by atoms with van der Waals surface area (Å²) < 4.78 is 32.1. The number of carbonyl (C=O) groups excluding carboxylic acids is 1. The molecule has 0 unspecified atom stereocenters. The topological polar surface area (TPSA) is 63.7 Å². The van der Waals surface area contributed by atoms with E-state index in [4.69, 9.17) is 4.74 Å². The smallest absolute Gasteiger partial charge is 0.282 e. The Bertz CT molecular complexity index is 950. The number of sulfonamides is 1. The fraction of sp³-hybridized carbons (Fsp3) is 0.0556. The third-order valence-electron chi connectivity index (χ3n) is 3.50. The molecule has 3 rings (SSSR count). The van der Waals surface area contributed by atoms with Gasteiger partial charge in [-0.25, -0.2) is 8.42 Å². The number of rotatable bonds is 5. The lowest BCUT2D eigenvalue weighted by Crippen LogP contribution is -2.36. The lowest BCUT2D eigenvalue weighted by atomic mass is 10.3. The van der Waals surface area contributed by atoms with Crippen molar-refractivity contribution in [2.75, 3.05) is 11.4 Å². The third kappa shape index (κ3) is 3.42. The largest absolute Gasteiger partial charge is 0.497 e. The lowest BCUT2D eigenvalue weighted by molar-refractivity contribution is 0.101. The predicted molar refractivity (Wildman–Crippen MR) is 97.8 cm³/mol. The molecule has 1 aromatic heterocycles. The number of anilines is 1. The van der Waals surface area contributed by atoms with E-state index in [9.17, 15) is 13.2 Å². The first kappa shape index (κ1) is 17.2. The van der Waals surface area contributed by atoms with E-state index in [-0.39, 0.29) is 10.6 Å². The molecule has 0 saturated carbocycles. The quantitative estimate of drug-likeness (QED) is 0.682. The highest BCUT2D eigenvalue weighted by Crippen LogP contribution is 2.28. The molecule has 1 heterocycles. The molecule has 3 aromatic rings. The molecule has 25 heavy (non-hydrogen) atoms. The Morgan fingerprint density at radius 1 is 0.960 bits per heavy atom. The summed E-state index contributed by atoms with van der Waals surface area (Å²) in [5.74, 6) is -0.0200. The second-order valence-electron chi connectivity index (χ2n) is 5.06. The van der Waals surface area contributed by atoms with Crippen LogP contribution in [0.2, 0.25) is 0 Å². The van der Waals surface area contributed by atoms with Gasteiger partial charge in [0.05, 0.1) is 22.6 Å². The first-order valence-electron chi connectivity index (χ1n) is 7.36. The number of ether oxygens (including phenoxy) is 1. The van der Waals surface area contributed by atoms with Crippen molar-refractivity contribution >= 4 is 33.0 Å². The van der Waals surface area contributed by atoms with E-state index in [0.29, 0.717) is 10.6 Å². The van der Waals surface area contributed by atoms with Gasteiger partial charge in [-0.15, -0.1) is 11.3 Å². The molecule has 128 valence electrons. The Morgan fingerprint density at radius 2 is 1.64 bits per heavy atom. The number of methoxy groups -OCH3 is 1. The SMILES string of the molecule is COc1ccc(N(C(=O)c2cccs2)S(=O)(=O)c2ccccc2)cc1. The first-order chi connectivity index (χ1) is 12.0. The monoisotopic (exact) mass is 373 g/mol. The Morgan fingerprint density at radius 3 is 2.20 bits per heavy atom. The minimum atomic E-state index is -4.05. The number of nitrogens with zero attached hydrogens (tertiary/aromatic N) is 1. The van der Waals surface area contributed by atoms with Gasteiger partial charge < -0.3 is 4.74 Å². The Labute approximate surface area is 150 Å². The number of hydrogen-bond donors (Lipinski definition) is 0. The van der Waals surface area contributed by atoms with Crippen molar-refractivity contribution in [1.82, 2.24) is 0 Å². The molecule has 2 aromatic carbocycles. The molecule has 1 amide bonds. The second-order valence-corrected chi connectivity index (χ2v) is 7.80. The molecule has 0 N–H and O–H groups in total. The zero-order valence-corrected chi connectivity index (χ0v) is 15.0. The fourth-order valence-corrected chi connectivity index (χ4v) is 4.42. The summed E-state index contributed by atoms with van der Waals surface area (Å²) in [6.45, 7) is 0. The number of thiophene rings is 1. The van der Waals surface area contributed by atoms with Crippen molar-refractivity contribution in [3.63, 3.8) is 0 Å². The van der Waals surface area contributed by atoms with E-state index >= 15 is 0 Å². The molecule has 0 spiro atoms. The van der Waals surface area contributed by atoms with Gasteiger partial charge in [-0.2, -0.15) is 4.31 Å². The highest BCUT2D eigenvalue weighted by molar-refractivity contribution is 7.93. The van der Waals surface area contributed by atoms with E-state index in [1.807, 2.05) is 0 Å². The van der Waals surface area contributed by atoms with Crippen LogP contribution in [0.25, 0.3) is 0 Å². The van der Waals surface area contributed by atoms with Crippen molar-refractivity contribution in [1.29, 1.82) is 0 Å². The third-order valence-corrected chi connectivity index (χ3v) is 6.09. The summed E-state index contributed by atoms with van der Waals surface area (Å²) in [7, 11) is -2.53. The number of hydrogen-bond acceptors (Lipinski definition) is 5. The second kappa shape index (κ2) is 7.08. The van der Waals surface area contributed by atoms with Crippen LogP contribution in [0.5, 0.6) is 5.75 Å². The van der Waals surface area contributed by atoms with Crippen LogP contribution in [0.1, 0.15) is 9.67 Å². The van der Waals surface area contributed by atoms with E-state index < -0.39 is 15.9 Å². The summed E-state index contributed by atoms with van der Waals surface area (Å²) in [6.07, 6.45) is 0. The summed E-state index contributed by atoms with van der Waals surface area (Å²) in [5.41, 5.74) is 0.253. The van der Waals surface area contributed by atoms with E-state index in [1.165, 1.54) is 30.6 Å². The fourth-order valence-electron chi connectivity index (χ4n) is 2.28. The van der Waals surface area contributed by atoms with Crippen molar-refractivity contribution in [3.8, 4) is 5.75 Å². The van der Waals surface area contributed by atoms with Crippen LogP contribution in [0.15, 0.2) is 77.0 Å². The molecule has 0 aliphatic rings. The number of benzene rings is 2. The van der Waals surface area contributed by atoms with Crippen molar-refractivity contribution in [3.05, 3.63) is 77.0 Å². The van der Waals surface area contributed by atoms with Gasteiger partial charge in [-0.1, -0.05) is 24.3 Å². The van der Waals surface area contributed by atoms with Gasteiger partial charge in [0.25, 0.3) is 15.9 Å². The zero-order valence-electron chi connectivity index (χ0n) is 13.3. The summed E-state index contributed by atoms with van der Waals surface area (Å²) in [4.78, 5) is 13.3. The van der Waals surface area contributed by atoms with E-state index in [0.717, 1.165) is 4.31 Å². The molecule has 0 radical (unpaired) electrons. The van der Waals surface area contributed by atoms with Crippen LogP contribution >= 0.6 is 11.3 Å². The Balaban J connectivity index is 2.13. The van der Waals surface area contributed by atoms with Crippen LogP contribution < -0.4 is 9.04 Å². The molecule has 0 bridgehead atoms. The molecule has 0 saturated heterocycles. The van der Waals surface area contributed by atoms with Crippen molar-refractivity contribution in [2.24, 2.45) is 0 Å². The number of amides is 1. The maximum atomic E-state index is 13.1. The molecule has 0 aliphatic carbocycles. The van der Waals surface area contributed by atoms with E-state index in [2.05, 4.69) is 0 Å². The molecule has 0 atom stereocenters. The van der Waals surface area contributed by atoms with Crippen LogP contribution in [0.3, 0.4) is 0 Å². The van der Waals surface area contributed by atoms with E-state index in [1.54, 1.807) is 60.0 Å². The van der Waals surface area contributed by atoms with Gasteiger partial charge in [-0.05, 0) is 47.8 Å². The molecule has 7 heteroatoms. The van der Waals surface area contributed by atoms with Gasteiger partial charge in [-0.3, -0.25) is 4.79 Å². The van der Waals surface area contributed by atoms with Crippen LogP contribution in [-0.2, 0) is 10.0 Å². The molecule has 0 fully saturated rings. The van der Waals surface area contributed by atoms with Gasteiger partial charge in [0.1, 0.15) is 5.75 Å². The van der Waals surface area contributed by atoms with Crippen molar-refractivity contribution in [2.45, 2.75) is 4.90 Å². The average molecular weight is 373 g/mol. The number of carbonyl (C=O) groups is 1. The molecular weight excluding hydrogens is 358 g/mol. The summed E-state index contributed by atoms with van der Waals surface area (Å²) in [6, 6.07) is 17.5. The maximum absolute atomic E-state index is 13.1. The molecular formula is C18H15NO4S2. The molecule has 0 aliphatic heterocycles. The minimum absolute atomic E-state index is 0.0516. The van der Waals surface area contributed by atoms with Crippen LogP contribution in [-0.4, -0.2) is 21.4 Å². The average Bonchev–Trinajstić information content (AvgIpc) is 3.18. The highest BCUT2D eigenvalue weighted by Gasteiger charge is 2.32. The van der Waals surface area contributed by atoms with Gasteiger partial charge >= 0.3 is 0 Å². The van der Waals surface area contributed by atoms with Crippen LogP contribution in [0.4, 0.5) is 5.69 Å². The van der Waals surface area contributed by atoms with Gasteiger partial charge in [0.2, 0.25) is 0 Å². The first-order valence-corrected chi connectivity index (χ1v) is 9.68. The van der Waals surface area contributed by atoms with Crippen molar-refractivity contribution < 1.29 is 17.9 Å². The minimum Gasteiger partial charge on any atom is -0.497 e. The summed E-state index contributed by atoms with van der Waals surface area (Å²) >= 11 is 1.19.